The molecule has 126 valence electrons. The lowest BCUT2D eigenvalue weighted by atomic mass is 9.73. The van der Waals surface area contributed by atoms with E-state index in [1.165, 1.54) is 11.6 Å². The van der Waals surface area contributed by atoms with Gasteiger partial charge >= 0.3 is 5.97 Å². The van der Waals surface area contributed by atoms with E-state index in [0.29, 0.717) is 24.2 Å². The van der Waals surface area contributed by atoms with Gasteiger partial charge in [0.15, 0.2) is 0 Å². The van der Waals surface area contributed by atoms with Crippen LogP contribution in [0.3, 0.4) is 0 Å². The fourth-order valence-corrected chi connectivity index (χ4v) is 3.74. The highest BCUT2D eigenvalue weighted by molar-refractivity contribution is 8.93. The normalized spacial score (nSPS) is 18.8. The van der Waals surface area contributed by atoms with Crippen molar-refractivity contribution in [2.45, 2.75) is 24.8 Å². The van der Waals surface area contributed by atoms with Gasteiger partial charge in [-0.15, -0.1) is 17.0 Å². The van der Waals surface area contributed by atoms with Crippen molar-refractivity contribution in [3.8, 4) is 5.75 Å². The quantitative estimate of drug-likeness (QED) is 0.574. The molecule has 2 aromatic carbocycles. The minimum atomic E-state index is -0.798. The van der Waals surface area contributed by atoms with Gasteiger partial charge in [0.25, 0.3) is 0 Å². The van der Waals surface area contributed by atoms with Crippen LogP contribution in [0.2, 0.25) is 0 Å². The minimum Gasteiger partial charge on any atom is -0.425 e. The summed E-state index contributed by atoms with van der Waals surface area (Å²) in [5.74, 6) is -0.228. The van der Waals surface area contributed by atoms with Crippen LogP contribution in [0.4, 0.5) is 4.39 Å². The van der Waals surface area contributed by atoms with E-state index >= 15 is 0 Å². The molecule has 2 aromatic rings. The van der Waals surface area contributed by atoms with Crippen molar-refractivity contribution in [3.63, 3.8) is 0 Å². The summed E-state index contributed by atoms with van der Waals surface area (Å²) in [7, 11) is 0. The number of esters is 1. The van der Waals surface area contributed by atoms with Crippen LogP contribution < -0.4 is 4.74 Å². The Balaban J connectivity index is 0.00000169. The van der Waals surface area contributed by atoms with Gasteiger partial charge in [0.1, 0.15) is 17.0 Å². The van der Waals surface area contributed by atoms with Crippen molar-refractivity contribution in [1.82, 2.24) is 4.90 Å². The highest BCUT2D eigenvalue weighted by Gasteiger charge is 2.52. The lowest BCUT2D eigenvalue weighted by molar-refractivity contribution is -0.140. The Morgan fingerprint density at radius 1 is 1.04 bits per heavy atom. The fourth-order valence-electron chi connectivity index (χ4n) is 3.74. The molecule has 1 spiro atoms. The summed E-state index contributed by atoms with van der Waals surface area (Å²) >= 11 is 0. The van der Waals surface area contributed by atoms with Crippen LogP contribution in [-0.2, 0) is 16.8 Å². The number of fused-ring (bicyclic) bond motifs is 2. The van der Waals surface area contributed by atoms with E-state index in [1.54, 1.807) is 12.1 Å². The molecule has 1 fully saturated rings. The molecule has 0 aliphatic carbocycles. The monoisotopic (exact) mass is 391 g/mol. The largest absolute Gasteiger partial charge is 0.425 e. The molecule has 1 saturated heterocycles. The minimum absolute atomic E-state index is 0. The van der Waals surface area contributed by atoms with Crippen molar-refractivity contribution in [1.29, 1.82) is 0 Å². The second-order valence-corrected chi connectivity index (χ2v) is 6.35. The molecule has 3 nitrogen and oxygen atoms in total. The number of benzene rings is 2. The zero-order valence-corrected chi connectivity index (χ0v) is 14.9. The third-order valence-corrected chi connectivity index (χ3v) is 5.01. The summed E-state index contributed by atoms with van der Waals surface area (Å²) in [4.78, 5) is 14.7. The Bertz CT molecular complexity index is 742. The highest BCUT2D eigenvalue weighted by Crippen LogP contribution is 2.47. The lowest BCUT2D eigenvalue weighted by Crippen LogP contribution is -2.46. The third-order valence-electron chi connectivity index (χ3n) is 5.01. The van der Waals surface area contributed by atoms with E-state index in [4.69, 9.17) is 4.74 Å². The number of hydrogen-bond acceptors (Lipinski definition) is 3. The van der Waals surface area contributed by atoms with E-state index < -0.39 is 5.41 Å². The molecule has 2 heterocycles. The number of rotatable bonds is 2. The summed E-state index contributed by atoms with van der Waals surface area (Å²) in [6, 6.07) is 14.9. The number of halogens is 2. The predicted molar refractivity (Wildman–Crippen MR) is 95.0 cm³/mol. The Kier molecular flexibility index (Phi) is 4.74. The Morgan fingerprint density at radius 2 is 1.75 bits per heavy atom. The van der Waals surface area contributed by atoms with Crippen LogP contribution in [0.5, 0.6) is 5.75 Å². The van der Waals surface area contributed by atoms with E-state index in [1.807, 2.05) is 18.2 Å². The maximum absolute atomic E-state index is 14.3. The summed E-state index contributed by atoms with van der Waals surface area (Å²) in [6.45, 7) is 2.38. The van der Waals surface area contributed by atoms with Crippen LogP contribution in [0.25, 0.3) is 0 Å². The first-order valence-electron chi connectivity index (χ1n) is 7.97. The van der Waals surface area contributed by atoms with Gasteiger partial charge in [-0.1, -0.05) is 36.4 Å². The summed E-state index contributed by atoms with van der Waals surface area (Å²) < 4.78 is 19.6. The SMILES string of the molecule is Br.O=C1Oc2cccc(F)c2C12CCN(Cc1ccccc1)CC2. The molecule has 0 radical (unpaired) electrons. The van der Waals surface area contributed by atoms with Crippen molar-refractivity contribution >= 4 is 23.0 Å². The summed E-state index contributed by atoms with van der Waals surface area (Å²) in [6.07, 6.45) is 1.21. The van der Waals surface area contributed by atoms with Crippen molar-refractivity contribution < 1.29 is 13.9 Å². The Morgan fingerprint density at radius 3 is 2.46 bits per heavy atom. The zero-order valence-electron chi connectivity index (χ0n) is 13.2. The maximum Gasteiger partial charge on any atom is 0.322 e. The standard InChI is InChI=1S/C19H18FNO2.BrH/c20-15-7-4-8-16-17(15)19(18(22)23-16)9-11-21(12-10-19)13-14-5-2-1-3-6-14;/h1-8H,9-13H2;1H. The van der Waals surface area contributed by atoms with Crippen molar-refractivity contribution in [3.05, 3.63) is 65.5 Å². The number of ether oxygens (including phenoxy) is 1. The van der Waals surface area contributed by atoms with Gasteiger partial charge in [0.2, 0.25) is 0 Å². The molecule has 0 atom stereocenters. The van der Waals surface area contributed by atoms with Crippen molar-refractivity contribution in [2.24, 2.45) is 0 Å². The number of carbonyl (C=O) groups excluding carboxylic acids is 1. The molecule has 0 N–H and O–H groups in total. The van der Waals surface area contributed by atoms with E-state index in [9.17, 15) is 9.18 Å². The fraction of sp³-hybridized carbons (Fsp3) is 0.316. The molecule has 24 heavy (non-hydrogen) atoms. The molecule has 0 amide bonds. The van der Waals surface area contributed by atoms with Gasteiger partial charge in [-0.25, -0.2) is 4.39 Å². The van der Waals surface area contributed by atoms with Gasteiger partial charge in [-0.05, 0) is 43.6 Å². The number of carbonyl (C=O) groups is 1. The molecule has 2 aliphatic heterocycles. The Labute approximate surface area is 151 Å². The molecular formula is C19H19BrFNO2. The number of hydrogen-bond donors (Lipinski definition) is 0. The first-order valence-corrected chi connectivity index (χ1v) is 7.97. The topological polar surface area (TPSA) is 29.5 Å². The molecule has 0 bridgehead atoms. The predicted octanol–water partition coefficient (Wildman–Crippen LogP) is 3.86. The smallest absolute Gasteiger partial charge is 0.322 e. The van der Waals surface area contributed by atoms with Gasteiger partial charge in [0.05, 0.1) is 0 Å². The molecule has 4 rings (SSSR count). The molecule has 0 aromatic heterocycles. The lowest BCUT2D eigenvalue weighted by Gasteiger charge is -2.37. The van der Waals surface area contributed by atoms with Crippen LogP contribution in [0, 0.1) is 5.82 Å². The molecule has 5 heteroatoms. The maximum atomic E-state index is 14.3. The van der Waals surface area contributed by atoms with Crippen LogP contribution in [0.1, 0.15) is 24.0 Å². The zero-order chi connectivity index (χ0) is 15.9. The Hall–Kier alpha value is -1.72. The van der Waals surface area contributed by atoms with E-state index in [0.717, 1.165) is 19.6 Å². The number of piperidine rings is 1. The second kappa shape index (κ2) is 6.65. The van der Waals surface area contributed by atoms with Gasteiger partial charge in [-0.3, -0.25) is 9.69 Å². The van der Waals surface area contributed by atoms with Crippen LogP contribution in [0.15, 0.2) is 48.5 Å². The highest BCUT2D eigenvalue weighted by atomic mass is 79.9. The van der Waals surface area contributed by atoms with Crippen molar-refractivity contribution in [2.75, 3.05) is 13.1 Å². The molecule has 2 aliphatic rings. The molecular weight excluding hydrogens is 373 g/mol. The second-order valence-electron chi connectivity index (χ2n) is 6.35. The first-order chi connectivity index (χ1) is 11.2. The molecule has 0 saturated carbocycles. The average Bonchev–Trinajstić information content (AvgIpc) is 2.84. The van der Waals surface area contributed by atoms with Gasteiger partial charge in [-0.2, -0.15) is 0 Å². The van der Waals surface area contributed by atoms with Gasteiger partial charge < -0.3 is 4.74 Å². The van der Waals surface area contributed by atoms with E-state index in [-0.39, 0.29) is 28.8 Å². The molecule has 0 unspecified atom stereocenters. The number of likely N-dealkylation sites (tertiary alicyclic amines) is 1. The van der Waals surface area contributed by atoms with E-state index in [2.05, 4.69) is 17.0 Å². The summed E-state index contributed by atoms with van der Waals surface area (Å²) in [5, 5.41) is 0. The summed E-state index contributed by atoms with van der Waals surface area (Å²) in [5.41, 5.74) is 0.918. The number of nitrogens with zero attached hydrogens (tertiary/aromatic N) is 1. The van der Waals surface area contributed by atoms with Crippen LogP contribution in [-0.4, -0.2) is 24.0 Å². The third kappa shape index (κ3) is 2.76. The van der Waals surface area contributed by atoms with Gasteiger partial charge in [0, 0.05) is 12.1 Å². The first kappa shape index (κ1) is 17.1. The van der Waals surface area contributed by atoms with Crippen LogP contribution >= 0.6 is 17.0 Å². The average molecular weight is 392 g/mol.